The number of nitro groups is 1. The van der Waals surface area contributed by atoms with Crippen molar-refractivity contribution in [3.05, 3.63) is 98.6 Å². The molecule has 0 spiro atoms. The van der Waals surface area contributed by atoms with Gasteiger partial charge in [0.1, 0.15) is 5.56 Å². The van der Waals surface area contributed by atoms with E-state index in [9.17, 15) is 19.7 Å². The monoisotopic (exact) mass is 433 g/mol. The molecule has 0 bridgehead atoms. The molecule has 0 amide bonds. The second kappa shape index (κ2) is 8.50. The summed E-state index contributed by atoms with van der Waals surface area (Å²) in [6.07, 6.45) is -1.28. The summed E-state index contributed by atoms with van der Waals surface area (Å²) in [4.78, 5) is 37.1. The first-order valence-corrected chi connectivity index (χ1v) is 9.80. The van der Waals surface area contributed by atoms with E-state index >= 15 is 0 Å². The SMILES string of the molecule is Cc1ccc(C(=O)C(OC(=O)c2cc3c(cc2[N+](=O)[O-])OCO3)c2ccc(C)cc2)cc1. The summed E-state index contributed by atoms with van der Waals surface area (Å²) in [7, 11) is 0. The maximum atomic E-state index is 13.3. The third-order valence-electron chi connectivity index (χ3n) is 5.09. The Morgan fingerprint density at radius 1 is 0.938 bits per heavy atom. The highest BCUT2D eigenvalue weighted by Crippen LogP contribution is 2.39. The Hall–Kier alpha value is -4.20. The number of ketones is 1. The number of hydrogen-bond donors (Lipinski definition) is 0. The van der Waals surface area contributed by atoms with Crippen LogP contribution in [0.15, 0.2) is 60.7 Å². The average Bonchev–Trinajstić information content (AvgIpc) is 3.25. The van der Waals surface area contributed by atoms with Gasteiger partial charge in [-0.3, -0.25) is 14.9 Å². The second-order valence-corrected chi connectivity index (χ2v) is 7.41. The molecule has 1 unspecified atom stereocenters. The fraction of sp³-hybridized carbons (Fsp3) is 0.167. The van der Waals surface area contributed by atoms with Gasteiger partial charge in [0.2, 0.25) is 12.6 Å². The van der Waals surface area contributed by atoms with Gasteiger partial charge in [-0.15, -0.1) is 0 Å². The fourth-order valence-electron chi connectivity index (χ4n) is 3.30. The molecule has 0 N–H and O–H groups in total. The lowest BCUT2D eigenvalue weighted by atomic mass is 9.98. The third-order valence-corrected chi connectivity index (χ3v) is 5.09. The van der Waals surface area contributed by atoms with Gasteiger partial charge in [0.05, 0.1) is 11.0 Å². The van der Waals surface area contributed by atoms with Crippen LogP contribution in [0.5, 0.6) is 11.5 Å². The molecule has 8 heteroatoms. The zero-order valence-electron chi connectivity index (χ0n) is 17.4. The summed E-state index contributed by atoms with van der Waals surface area (Å²) in [5.41, 5.74) is 1.93. The summed E-state index contributed by atoms with van der Waals surface area (Å²) < 4.78 is 16.0. The van der Waals surface area contributed by atoms with Crippen molar-refractivity contribution in [2.75, 3.05) is 6.79 Å². The Bertz CT molecular complexity index is 1200. The highest BCUT2D eigenvalue weighted by atomic mass is 16.7. The number of carbonyl (C=O) groups excluding carboxylic acids is 2. The van der Waals surface area contributed by atoms with E-state index in [4.69, 9.17) is 14.2 Å². The molecule has 3 aromatic carbocycles. The highest BCUT2D eigenvalue weighted by Gasteiger charge is 2.32. The van der Waals surface area contributed by atoms with Gasteiger partial charge in [-0.2, -0.15) is 0 Å². The minimum atomic E-state index is -1.28. The predicted octanol–water partition coefficient (Wildman–Crippen LogP) is 4.72. The lowest BCUT2D eigenvalue weighted by Crippen LogP contribution is -2.21. The maximum Gasteiger partial charge on any atom is 0.346 e. The molecule has 4 rings (SSSR count). The van der Waals surface area contributed by atoms with E-state index < -0.39 is 28.5 Å². The smallest absolute Gasteiger partial charge is 0.346 e. The first-order valence-electron chi connectivity index (χ1n) is 9.80. The van der Waals surface area contributed by atoms with Crippen LogP contribution in [-0.2, 0) is 4.74 Å². The van der Waals surface area contributed by atoms with Crippen LogP contribution in [0.2, 0.25) is 0 Å². The molecular weight excluding hydrogens is 414 g/mol. The number of rotatable bonds is 6. The standard InChI is InChI=1S/C24H19NO7/c1-14-3-7-16(8-4-14)22(26)23(17-9-5-15(2)6-10-17)32-24(27)18-11-20-21(31-13-30-20)12-19(18)25(28)29/h3-12,23H,13H2,1-2H3. The molecule has 1 atom stereocenters. The van der Waals surface area contributed by atoms with Crippen LogP contribution in [0.4, 0.5) is 5.69 Å². The van der Waals surface area contributed by atoms with Gasteiger partial charge < -0.3 is 14.2 Å². The molecule has 1 aliphatic heterocycles. The van der Waals surface area contributed by atoms with E-state index in [1.165, 1.54) is 6.07 Å². The van der Waals surface area contributed by atoms with Crippen molar-refractivity contribution < 1.29 is 28.7 Å². The number of carbonyl (C=O) groups is 2. The number of esters is 1. The van der Waals surface area contributed by atoms with E-state index in [1.807, 2.05) is 13.8 Å². The lowest BCUT2D eigenvalue weighted by Gasteiger charge is -2.18. The summed E-state index contributed by atoms with van der Waals surface area (Å²) in [6, 6.07) is 16.1. The molecule has 3 aromatic rings. The van der Waals surface area contributed by atoms with Crippen molar-refractivity contribution in [2.45, 2.75) is 20.0 Å². The summed E-state index contributed by atoms with van der Waals surface area (Å²) in [6.45, 7) is 3.68. The van der Waals surface area contributed by atoms with E-state index in [1.54, 1.807) is 48.5 Å². The van der Waals surface area contributed by atoms with Crippen molar-refractivity contribution in [1.29, 1.82) is 0 Å². The normalized spacial score (nSPS) is 12.8. The van der Waals surface area contributed by atoms with E-state index in [-0.39, 0.29) is 23.9 Å². The Balaban J connectivity index is 1.72. The average molecular weight is 433 g/mol. The molecule has 32 heavy (non-hydrogen) atoms. The molecule has 0 saturated heterocycles. The molecule has 1 aliphatic rings. The van der Waals surface area contributed by atoms with Crippen LogP contribution in [0, 0.1) is 24.0 Å². The number of aryl methyl sites for hydroxylation is 2. The van der Waals surface area contributed by atoms with Crippen LogP contribution in [0.1, 0.15) is 43.5 Å². The van der Waals surface area contributed by atoms with Crippen LogP contribution in [0.25, 0.3) is 0 Å². The Morgan fingerprint density at radius 3 is 2.09 bits per heavy atom. The second-order valence-electron chi connectivity index (χ2n) is 7.41. The Labute approximate surface area is 183 Å². The Kier molecular flexibility index (Phi) is 5.59. The van der Waals surface area contributed by atoms with E-state index in [0.29, 0.717) is 11.1 Å². The minimum Gasteiger partial charge on any atom is -0.454 e. The van der Waals surface area contributed by atoms with Crippen LogP contribution in [0.3, 0.4) is 0 Å². The van der Waals surface area contributed by atoms with Gasteiger partial charge in [-0.1, -0.05) is 59.7 Å². The van der Waals surface area contributed by atoms with Crippen molar-refractivity contribution in [1.82, 2.24) is 0 Å². The van der Waals surface area contributed by atoms with Crippen molar-refractivity contribution in [3.63, 3.8) is 0 Å². The third kappa shape index (κ3) is 4.15. The van der Waals surface area contributed by atoms with Crippen molar-refractivity contribution >= 4 is 17.4 Å². The molecule has 0 saturated carbocycles. The predicted molar refractivity (Wildman–Crippen MR) is 114 cm³/mol. The number of nitrogens with zero attached hydrogens (tertiary/aromatic N) is 1. The van der Waals surface area contributed by atoms with Gasteiger partial charge in [0, 0.05) is 17.2 Å². The number of nitro benzene ring substituents is 1. The maximum absolute atomic E-state index is 13.3. The van der Waals surface area contributed by atoms with Gasteiger partial charge in [-0.25, -0.2) is 4.79 Å². The topological polar surface area (TPSA) is 105 Å². The fourth-order valence-corrected chi connectivity index (χ4v) is 3.30. The number of benzene rings is 3. The van der Waals surface area contributed by atoms with Crippen molar-refractivity contribution in [2.24, 2.45) is 0 Å². The van der Waals surface area contributed by atoms with Crippen LogP contribution < -0.4 is 9.47 Å². The van der Waals surface area contributed by atoms with E-state index in [0.717, 1.165) is 17.2 Å². The summed E-state index contributed by atoms with van der Waals surface area (Å²) >= 11 is 0. The molecule has 162 valence electrons. The minimum absolute atomic E-state index is 0.108. The molecular formula is C24H19NO7. The Morgan fingerprint density at radius 2 is 1.50 bits per heavy atom. The highest BCUT2D eigenvalue weighted by molar-refractivity contribution is 6.03. The van der Waals surface area contributed by atoms with Crippen LogP contribution >= 0.6 is 0 Å². The molecule has 0 aromatic heterocycles. The van der Waals surface area contributed by atoms with Crippen molar-refractivity contribution in [3.8, 4) is 11.5 Å². The van der Waals surface area contributed by atoms with Gasteiger partial charge in [0.15, 0.2) is 17.6 Å². The first kappa shape index (κ1) is 21.0. The zero-order chi connectivity index (χ0) is 22.8. The largest absolute Gasteiger partial charge is 0.454 e. The molecule has 0 fully saturated rings. The number of Topliss-reactive ketones (excluding diaryl/α,β-unsaturated/α-hetero) is 1. The van der Waals surface area contributed by atoms with Gasteiger partial charge in [0.25, 0.3) is 5.69 Å². The summed E-state index contributed by atoms with van der Waals surface area (Å²) in [5, 5.41) is 11.5. The van der Waals surface area contributed by atoms with Crippen LogP contribution in [-0.4, -0.2) is 23.5 Å². The molecule has 8 nitrogen and oxygen atoms in total. The van der Waals surface area contributed by atoms with Gasteiger partial charge >= 0.3 is 5.97 Å². The number of ether oxygens (including phenoxy) is 3. The van der Waals surface area contributed by atoms with Gasteiger partial charge in [-0.05, 0) is 13.8 Å². The zero-order valence-corrected chi connectivity index (χ0v) is 17.4. The molecule has 0 aliphatic carbocycles. The first-order chi connectivity index (χ1) is 15.3. The van der Waals surface area contributed by atoms with E-state index in [2.05, 4.69) is 0 Å². The number of fused-ring (bicyclic) bond motifs is 1. The number of hydrogen-bond acceptors (Lipinski definition) is 7. The summed E-state index contributed by atoms with van der Waals surface area (Å²) in [5.74, 6) is -1.09. The lowest BCUT2D eigenvalue weighted by molar-refractivity contribution is -0.385. The molecule has 0 radical (unpaired) electrons. The quantitative estimate of drug-likeness (QED) is 0.240. The molecule has 1 heterocycles.